The zero-order chi connectivity index (χ0) is 12.0. The van der Waals surface area contributed by atoms with E-state index in [1.54, 1.807) is 13.8 Å². The van der Waals surface area contributed by atoms with Gasteiger partial charge >= 0.3 is 0 Å². The first kappa shape index (κ1) is 14.3. The lowest BCUT2D eigenvalue weighted by atomic mass is 10.0. The Balaban J connectivity index is 3.99. The van der Waals surface area contributed by atoms with Gasteiger partial charge in [-0.3, -0.25) is 4.79 Å². The number of hydrogen-bond donors (Lipinski definition) is 5. The van der Waals surface area contributed by atoms with E-state index in [0.717, 1.165) is 0 Å². The molecule has 90 valence electrons. The summed E-state index contributed by atoms with van der Waals surface area (Å²) in [6.07, 6.45) is -3.72. The van der Waals surface area contributed by atoms with E-state index in [9.17, 15) is 15.0 Å². The molecule has 0 saturated carbocycles. The molecule has 0 spiro atoms. The minimum Gasteiger partial charge on any atom is -0.394 e. The van der Waals surface area contributed by atoms with Crippen molar-refractivity contribution < 1.29 is 25.2 Å². The molecule has 15 heavy (non-hydrogen) atoms. The summed E-state index contributed by atoms with van der Waals surface area (Å²) in [5.74, 6) is -1.00. The van der Waals surface area contributed by atoms with Crippen molar-refractivity contribution >= 4 is 5.91 Å². The molecular formula is C9H19NO5. The van der Waals surface area contributed by atoms with Crippen LogP contribution in [0, 0.1) is 5.92 Å². The molecule has 0 aliphatic heterocycles. The highest BCUT2D eigenvalue weighted by molar-refractivity contribution is 5.81. The van der Waals surface area contributed by atoms with Crippen molar-refractivity contribution in [1.29, 1.82) is 0 Å². The largest absolute Gasteiger partial charge is 0.394 e. The second-order valence-corrected chi connectivity index (χ2v) is 3.76. The molecule has 0 aliphatic rings. The van der Waals surface area contributed by atoms with Crippen LogP contribution in [0.3, 0.4) is 0 Å². The average molecular weight is 221 g/mol. The molecule has 3 atom stereocenters. The number of rotatable bonds is 6. The molecule has 6 nitrogen and oxygen atoms in total. The fourth-order valence-electron chi connectivity index (χ4n) is 0.907. The van der Waals surface area contributed by atoms with Crippen LogP contribution in [0.4, 0.5) is 0 Å². The Hall–Kier alpha value is -0.690. The smallest absolute Gasteiger partial charge is 0.251 e. The van der Waals surface area contributed by atoms with Crippen LogP contribution in [0.15, 0.2) is 0 Å². The van der Waals surface area contributed by atoms with Crippen LogP contribution < -0.4 is 5.32 Å². The molecule has 0 aliphatic carbocycles. The summed E-state index contributed by atoms with van der Waals surface area (Å²) < 4.78 is 0. The second kappa shape index (κ2) is 6.73. The third-order valence-electron chi connectivity index (χ3n) is 2.00. The van der Waals surface area contributed by atoms with E-state index in [2.05, 4.69) is 5.32 Å². The lowest BCUT2D eigenvalue weighted by Crippen LogP contribution is -2.46. The van der Waals surface area contributed by atoms with Gasteiger partial charge < -0.3 is 25.7 Å². The van der Waals surface area contributed by atoms with E-state index < -0.39 is 30.8 Å². The Kier molecular flexibility index (Phi) is 6.42. The highest BCUT2D eigenvalue weighted by Gasteiger charge is 2.26. The van der Waals surface area contributed by atoms with Gasteiger partial charge in [0.05, 0.1) is 18.8 Å². The van der Waals surface area contributed by atoms with Crippen molar-refractivity contribution in [2.75, 3.05) is 13.2 Å². The second-order valence-electron chi connectivity index (χ2n) is 3.76. The summed E-state index contributed by atoms with van der Waals surface area (Å²) in [4.78, 5) is 11.2. The maximum atomic E-state index is 11.2. The predicted molar refractivity (Wildman–Crippen MR) is 53.0 cm³/mol. The van der Waals surface area contributed by atoms with Gasteiger partial charge in [0.15, 0.2) is 6.10 Å². The maximum absolute atomic E-state index is 11.2. The van der Waals surface area contributed by atoms with E-state index >= 15 is 0 Å². The first-order chi connectivity index (χ1) is 6.90. The monoisotopic (exact) mass is 221 g/mol. The summed E-state index contributed by atoms with van der Waals surface area (Å²) in [7, 11) is 0. The molecule has 0 rings (SSSR count). The quantitative estimate of drug-likeness (QED) is 0.351. The number of aliphatic hydroxyl groups is 4. The number of nitrogens with one attached hydrogen (secondary N) is 1. The lowest BCUT2D eigenvalue weighted by Gasteiger charge is -2.20. The minimum absolute atomic E-state index is 0.156. The number of carbonyl (C=O) groups is 1. The fourth-order valence-corrected chi connectivity index (χ4v) is 0.907. The molecule has 6 heteroatoms. The van der Waals surface area contributed by atoms with Gasteiger partial charge in [0, 0.05) is 6.54 Å². The standard InChI is InChI=1S/C9H19NO5/c1-5(2)7(13)8(14)9(15)10-3-6(12)4-11/h5-8,11-14H,3-4H2,1-2H3,(H,10,15)/t6-,7+,8-/m1/s1. The van der Waals surface area contributed by atoms with Gasteiger partial charge in [0.2, 0.25) is 0 Å². The van der Waals surface area contributed by atoms with Gasteiger partial charge in [-0.2, -0.15) is 0 Å². The summed E-state index contributed by atoms with van der Waals surface area (Å²) in [6.45, 7) is 2.72. The first-order valence-electron chi connectivity index (χ1n) is 4.83. The zero-order valence-corrected chi connectivity index (χ0v) is 8.92. The first-order valence-corrected chi connectivity index (χ1v) is 4.83. The van der Waals surface area contributed by atoms with Crippen molar-refractivity contribution in [3.8, 4) is 0 Å². The average Bonchev–Trinajstić information content (AvgIpc) is 2.22. The lowest BCUT2D eigenvalue weighted by molar-refractivity contribution is -0.137. The van der Waals surface area contributed by atoms with Gasteiger partial charge in [-0.1, -0.05) is 13.8 Å². The number of aliphatic hydroxyl groups excluding tert-OH is 4. The summed E-state index contributed by atoms with van der Waals surface area (Å²) in [5, 5.41) is 38.3. The Labute approximate surface area is 88.5 Å². The van der Waals surface area contributed by atoms with Crippen LogP contribution in [0.25, 0.3) is 0 Å². The topological polar surface area (TPSA) is 110 Å². The highest BCUT2D eigenvalue weighted by Crippen LogP contribution is 2.06. The van der Waals surface area contributed by atoms with Gasteiger partial charge in [-0.25, -0.2) is 0 Å². The van der Waals surface area contributed by atoms with Crippen LogP contribution in [0.1, 0.15) is 13.8 Å². The summed E-state index contributed by atoms with van der Waals surface area (Å²) in [5.41, 5.74) is 0. The van der Waals surface area contributed by atoms with Crippen molar-refractivity contribution in [2.24, 2.45) is 5.92 Å². The summed E-state index contributed by atoms with van der Waals surface area (Å²) in [6, 6.07) is 0. The molecule has 5 N–H and O–H groups in total. The molecule has 0 aromatic rings. The normalized spacial score (nSPS) is 17.3. The van der Waals surface area contributed by atoms with E-state index in [1.165, 1.54) is 0 Å². The van der Waals surface area contributed by atoms with E-state index in [0.29, 0.717) is 0 Å². The molecular weight excluding hydrogens is 202 g/mol. The Morgan fingerprint density at radius 1 is 1.27 bits per heavy atom. The SMILES string of the molecule is CC(C)[C@H](O)[C@@H](O)C(=O)NC[C@@H](O)CO. The van der Waals surface area contributed by atoms with E-state index in [-0.39, 0.29) is 12.5 Å². The van der Waals surface area contributed by atoms with Crippen molar-refractivity contribution in [3.63, 3.8) is 0 Å². The van der Waals surface area contributed by atoms with Crippen molar-refractivity contribution in [3.05, 3.63) is 0 Å². The predicted octanol–water partition coefficient (Wildman–Crippen LogP) is -2.17. The van der Waals surface area contributed by atoms with Gasteiger partial charge in [0.25, 0.3) is 5.91 Å². The van der Waals surface area contributed by atoms with Crippen LogP contribution in [-0.4, -0.2) is 57.8 Å². The Morgan fingerprint density at radius 2 is 1.80 bits per heavy atom. The molecule has 0 saturated heterocycles. The van der Waals surface area contributed by atoms with Gasteiger partial charge in [0.1, 0.15) is 0 Å². The Bertz CT molecular complexity index is 197. The van der Waals surface area contributed by atoms with Gasteiger partial charge in [-0.15, -0.1) is 0 Å². The molecule has 0 aromatic carbocycles. The number of hydrogen-bond acceptors (Lipinski definition) is 5. The molecule has 0 fully saturated rings. The molecule has 0 aromatic heterocycles. The Morgan fingerprint density at radius 3 is 2.20 bits per heavy atom. The van der Waals surface area contributed by atoms with Crippen molar-refractivity contribution in [1.82, 2.24) is 5.32 Å². The van der Waals surface area contributed by atoms with Gasteiger partial charge in [-0.05, 0) is 5.92 Å². The number of amides is 1. The molecule has 0 radical (unpaired) electrons. The molecule has 0 bridgehead atoms. The third-order valence-corrected chi connectivity index (χ3v) is 2.00. The molecule has 0 unspecified atom stereocenters. The van der Waals surface area contributed by atoms with Crippen LogP contribution in [0.2, 0.25) is 0 Å². The zero-order valence-electron chi connectivity index (χ0n) is 8.92. The molecule has 1 amide bonds. The molecule has 0 heterocycles. The van der Waals surface area contributed by atoms with Crippen molar-refractivity contribution in [2.45, 2.75) is 32.2 Å². The van der Waals surface area contributed by atoms with E-state index in [1.807, 2.05) is 0 Å². The minimum atomic E-state index is -1.52. The highest BCUT2D eigenvalue weighted by atomic mass is 16.3. The summed E-state index contributed by atoms with van der Waals surface area (Å²) >= 11 is 0. The van der Waals surface area contributed by atoms with E-state index in [4.69, 9.17) is 10.2 Å². The van der Waals surface area contributed by atoms with Crippen LogP contribution in [0.5, 0.6) is 0 Å². The third kappa shape index (κ3) is 5.08. The van der Waals surface area contributed by atoms with Crippen LogP contribution >= 0.6 is 0 Å². The fraction of sp³-hybridized carbons (Fsp3) is 0.889. The van der Waals surface area contributed by atoms with Crippen LogP contribution in [-0.2, 0) is 4.79 Å². The number of carbonyl (C=O) groups excluding carboxylic acids is 1. The maximum Gasteiger partial charge on any atom is 0.251 e.